The highest BCUT2D eigenvalue weighted by molar-refractivity contribution is 6.09. The molecule has 4 amide bonds. The molecular weight excluding hydrogens is 543 g/mol. The van der Waals surface area contributed by atoms with Gasteiger partial charge in [-0.25, -0.2) is 14.5 Å². The first-order chi connectivity index (χ1) is 20.0. The molecule has 0 saturated heterocycles. The molecule has 7 nitrogen and oxygen atoms in total. The first-order valence-electron chi connectivity index (χ1n) is 13.5. The molecule has 0 bridgehead atoms. The third-order valence-electron chi connectivity index (χ3n) is 7.46. The molecule has 3 aromatic carbocycles. The fourth-order valence-corrected chi connectivity index (χ4v) is 5.02. The molecule has 1 aliphatic rings. The van der Waals surface area contributed by atoms with Crippen LogP contribution in [0.4, 0.5) is 28.4 Å². The van der Waals surface area contributed by atoms with Crippen LogP contribution >= 0.6 is 0 Å². The zero-order chi connectivity index (χ0) is 30.6. The van der Waals surface area contributed by atoms with Gasteiger partial charge in [0.15, 0.2) is 0 Å². The fourth-order valence-electron chi connectivity index (χ4n) is 5.02. The lowest BCUT2D eigenvalue weighted by molar-refractivity contribution is -0.137. The molecule has 10 heteroatoms. The van der Waals surface area contributed by atoms with Gasteiger partial charge in [-0.2, -0.15) is 18.4 Å². The Morgan fingerprint density at radius 1 is 1.05 bits per heavy atom. The molecule has 0 saturated carbocycles. The van der Waals surface area contributed by atoms with Crippen molar-refractivity contribution in [3.8, 4) is 17.2 Å². The molecule has 3 aromatic rings. The molecule has 42 heavy (non-hydrogen) atoms. The number of nitrogens with zero attached hydrogens (tertiary/aromatic N) is 4. The Morgan fingerprint density at radius 2 is 1.71 bits per heavy atom. The second-order valence-electron chi connectivity index (χ2n) is 10.3. The number of urea groups is 2. The largest absolute Gasteiger partial charge is 0.416 e. The monoisotopic (exact) mass is 575 g/mol. The lowest BCUT2D eigenvalue weighted by Gasteiger charge is -2.38. The lowest BCUT2D eigenvalue weighted by atomic mass is 9.91. The predicted molar refractivity (Wildman–Crippen MR) is 156 cm³/mol. The fraction of sp³-hybridized carbons (Fsp3) is 0.281. The molecule has 1 heterocycles. The van der Waals surface area contributed by atoms with Crippen LogP contribution in [0.15, 0.2) is 78.5 Å². The van der Waals surface area contributed by atoms with Gasteiger partial charge in [0.05, 0.1) is 29.4 Å². The number of imide groups is 1. The normalized spacial score (nSPS) is 14.7. The number of allylic oxidation sites excluding steroid dienone is 1. The summed E-state index contributed by atoms with van der Waals surface area (Å²) in [5.74, 6) is 0. The van der Waals surface area contributed by atoms with E-state index in [1.807, 2.05) is 62.3 Å². The number of carbonyl (C=O) groups is 2. The molecule has 1 N–H and O–H groups in total. The summed E-state index contributed by atoms with van der Waals surface area (Å²) in [5, 5.41) is 12.1. The van der Waals surface area contributed by atoms with Crippen molar-refractivity contribution >= 4 is 23.3 Å². The third kappa shape index (κ3) is 6.31. The van der Waals surface area contributed by atoms with Crippen molar-refractivity contribution in [1.82, 2.24) is 15.1 Å². The summed E-state index contributed by atoms with van der Waals surface area (Å²) in [5.41, 5.74) is 2.90. The number of hydrogen-bond acceptors (Lipinski definition) is 4. The molecule has 0 aliphatic carbocycles. The molecule has 4 rings (SSSR count). The first-order valence-corrected chi connectivity index (χ1v) is 13.5. The van der Waals surface area contributed by atoms with E-state index in [-0.39, 0.29) is 24.8 Å². The first kappa shape index (κ1) is 30.3. The number of likely N-dealkylation sites (N-methyl/N-ethyl adjacent to an activating group) is 1. The van der Waals surface area contributed by atoms with Crippen molar-refractivity contribution in [2.75, 3.05) is 32.1 Å². The van der Waals surface area contributed by atoms with Crippen molar-refractivity contribution in [1.29, 1.82) is 5.26 Å². The van der Waals surface area contributed by atoms with Crippen molar-refractivity contribution in [3.05, 3.63) is 95.2 Å². The molecule has 1 atom stereocenters. The van der Waals surface area contributed by atoms with Crippen LogP contribution in [0.25, 0.3) is 16.7 Å². The quantitative estimate of drug-likeness (QED) is 0.330. The Labute approximate surface area is 243 Å². The molecule has 0 spiro atoms. The van der Waals surface area contributed by atoms with Crippen LogP contribution in [0.3, 0.4) is 0 Å². The lowest BCUT2D eigenvalue weighted by Crippen LogP contribution is -2.55. The van der Waals surface area contributed by atoms with Gasteiger partial charge in [0, 0.05) is 18.3 Å². The summed E-state index contributed by atoms with van der Waals surface area (Å²) >= 11 is 0. The Balaban J connectivity index is 1.84. The van der Waals surface area contributed by atoms with Crippen molar-refractivity contribution in [2.24, 2.45) is 0 Å². The van der Waals surface area contributed by atoms with Gasteiger partial charge in [0.25, 0.3) is 0 Å². The SMILES string of the molecule is CCC(CNC(=O)N1CC(c2ccccc2-c2ccc(C#N)cc2)=C(C)N(c2cccc(C(F)(F)F)c2)C1=O)N(C)C. The average Bonchev–Trinajstić information content (AvgIpc) is 2.97. The van der Waals surface area contributed by atoms with E-state index < -0.39 is 23.8 Å². The number of alkyl halides is 3. The maximum atomic E-state index is 13.8. The molecule has 218 valence electrons. The molecule has 1 aliphatic heterocycles. The zero-order valence-corrected chi connectivity index (χ0v) is 23.9. The van der Waals surface area contributed by atoms with E-state index in [2.05, 4.69) is 11.4 Å². The van der Waals surface area contributed by atoms with Crippen molar-refractivity contribution < 1.29 is 22.8 Å². The van der Waals surface area contributed by atoms with Gasteiger partial charge in [-0.3, -0.25) is 4.90 Å². The minimum atomic E-state index is -4.62. The van der Waals surface area contributed by atoms with Crippen LogP contribution in [0.1, 0.15) is 37.0 Å². The van der Waals surface area contributed by atoms with Gasteiger partial charge in [-0.05, 0) is 80.0 Å². The second kappa shape index (κ2) is 12.5. The molecule has 0 aromatic heterocycles. The number of amides is 4. The Kier molecular flexibility index (Phi) is 9.02. The minimum Gasteiger partial charge on any atom is -0.336 e. The standard InChI is InChI=1S/C32H32F3N5O2/c1-5-25(38(3)4)19-37-30(41)39-20-29(28-12-7-6-11-27(28)23-15-13-22(18-36)14-16-23)21(2)40(31(39)42)26-10-8-9-24(17-26)32(33,34)35/h6-17,25H,5,19-20H2,1-4H3,(H,37,41). The number of anilines is 1. The molecule has 1 unspecified atom stereocenters. The van der Waals surface area contributed by atoms with Crippen molar-refractivity contribution in [2.45, 2.75) is 32.5 Å². The van der Waals surface area contributed by atoms with Crippen LogP contribution < -0.4 is 10.2 Å². The number of carbonyl (C=O) groups excluding carboxylic acids is 2. The summed E-state index contributed by atoms with van der Waals surface area (Å²) in [4.78, 5) is 31.5. The van der Waals surface area contributed by atoms with E-state index in [1.165, 1.54) is 12.1 Å². The number of nitrogens with one attached hydrogen (secondary N) is 1. The number of rotatable bonds is 7. The van der Waals surface area contributed by atoms with Gasteiger partial charge in [0.1, 0.15) is 0 Å². The van der Waals surface area contributed by atoms with E-state index in [9.17, 15) is 28.0 Å². The van der Waals surface area contributed by atoms with Crippen LogP contribution in [-0.2, 0) is 6.18 Å². The predicted octanol–water partition coefficient (Wildman–Crippen LogP) is 6.97. The third-order valence-corrected chi connectivity index (χ3v) is 7.46. The van der Waals surface area contributed by atoms with Crippen LogP contribution in [0, 0.1) is 11.3 Å². The highest BCUT2D eigenvalue weighted by atomic mass is 19.4. The molecule has 0 radical (unpaired) electrons. The maximum absolute atomic E-state index is 13.8. The van der Waals surface area contributed by atoms with E-state index >= 15 is 0 Å². The summed E-state index contributed by atoms with van der Waals surface area (Å²) in [6, 6.07) is 19.7. The molecule has 0 fully saturated rings. The summed E-state index contributed by atoms with van der Waals surface area (Å²) in [7, 11) is 3.79. The molecular formula is C32H32F3N5O2. The maximum Gasteiger partial charge on any atom is 0.416 e. The van der Waals surface area contributed by atoms with E-state index in [0.717, 1.165) is 39.5 Å². The van der Waals surface area contributed by atoms with E-state index in [4.69, 9.17) is 0 Å². The van der Waals surface area contributed by atoms with Crippen LogP contribution in [0.5, 0.6) is 0 Å². The van der Waals surface area contributed by atoms with Gasteiger partial charge >= 0.3 is 18.2 Å². The number of nitriles is 1. The van der Waals surface area contributed by atoms with Gasteiger partial charge in [-0.15, -0.1) is 0 Å². The smallest absolute Gasteiger partial charge is 0.336 e. The summed E-state index contributed by atoms with van der Waals surface area (Å²) in [6.07, 6.45) is -3.85. The summed E-state index contributed by atoms with van der Waals surface area (Å²) in [6.45, 7) is 3.85. The van der Waals surface area contributed by atoms with Crippen LogP contribution in [-0.4, -0.2) is 55.1 Å². The topological polar surface area (TPSA) is 79.7 Å². The number of halogens is 3. The van der Waals surface area contributed by atoms with Crippen LogP contribution in [0.2, 0.25) is 0 Å². The highest BCUT2D eigenvalue weighted by Crippen LogP contribution is 2.38. The van der Waals surface area contributed by atoms with E-state index in [1.54, 1.807) is 19.1 Å². The van der Waals surface area contributed by atoms with Gasteiger partial charge in [-0.1, -0.05) is 49.4 Å². The zero-order valence-electron chi connectivity index (χ0n) is 23.9. The minimum absolute atomic E-state index is 0.00194. The Morgan fingerprint density at radius 3 is 2.31 bits per heavy atom. The number of benzene rings is 3. The average molecular weight is 576 g/mol. The highest BCUT2D eigenvalue weighted by Gasteiger charge is 2.38. The Bertz CT molecular complexity index is 1540. The Hall–Kier alpha value is -4.62. The van der Waals surface area contributed by atoms with Crippen molar-refractivity contribution in [3.63, 3.8) is 0 Å². The summed E-state index contributed by atoms with van der Waals surface area (Å²) < 4.78 is 40.9. The van der Waals surface area contributed by atoms with Gasteiger partial charge < -0.3 is 10.2 Å². The van der Waals surface area contributed by atoms with E-state index in [0.29, 0.717) is 22.4 Å². The number of hydrogen-bond donors (Lipinski definition) is 1. The second-order valence-corrected chi connectivity index (χ2v) is 10.3. The van der Waals surface area contributed by atoms with Gasteiger partial charge in [0.2, 0.25) is 0 Å².